The first kappa shape index (κ1) is 28.4. The molecule has 2 fully saturated rings. The highest BCUT2D eigenvalue weighted by molar-refractivity contribution is 7.09. The summed E-state index contributed by atoms with van der Waals surface area (Å²) in [6.07, 6.45) is 12.6. The minimum Gasteiger partial charge on any atom is -0.395 e. The lowest BCUT2D eigenvalue weighted by Crippen LogP contribution is -2.54. The van der Waals surface area contributed by atoms with Crippen LogP contribution >= 0.6 is 11.5 Å². The largest absolute Gasteiger partial charge is 0.395 e. The van der Waals surface area contributed by atoms with Gasteiger partial charge in [0, 0.05) is 18.6 Å². The molecule has 0 spiro atoms. The van der Waals surface area contributed by atoms with Gasteiger partial charge >= 0.3 is 0 Å². The van der Waals surface area contributed by atoms with Gasteiger partial charge in [0.25, 0.3) is 11.8 Å². The maximum Gasteiger partial charge on any atom is 0.273 e. The zero-order valence-corrected chi connectivity index (χ0v) is 23.1. The molecule has 4 N–H and O–H groups in total. The van der Waals surface area contributed by atoms with E-state index in [4.69, 9.17) is 5.73 Å². The highest BCUT2D eigenvalue weighted by Crippen LogP contribution is 2.31. The molecule has 1 aromatic heterocycles. The standard InChI is InChI=1S/C27H45N5O3S/c1-4-11-21(25(33)29-17-16-18(2)3)32(20-14-9-6-10-15-20)27(35)24-22(28)23(31-36-24)26(34)30-19-12-7-5-8-13-19/h18-21H,4-17,28H2,1-3H3,(H,29,33)(H,30,34)/t21-/m1/s1. The smallest absolute Gasteiger partial charge is 0.273 e. The Hall–Kier alpha value is -2.16. The van der Waals surface area contributed by atoms with Gasteiger partial charge in [0.15, 0.2) is 5.69 Å². The van der Waals surface area contributed by atoms with Crippen molar-refractivity contribution in [3.05, 3.63) is 10.6 Å². The molecule has 1 atom stereocenters. The van der Waals surface area contributed by atoms with E-state index >= 15 is 0 Å². The van der Waals surface area contributed by atoms with Gasteiger partial charge in [0.2, 0.25) is 5.91 Å². The Kier molecular flexibility index (Phi) is 11.0. The minimum atomic E-state index is -0.557. The Morgan fingerprint density at radius 3 is 2.28 bits per heavy atom. The van der Waals surface area contributed by atoms with Crippen molar-refractivity contribution in [2.45, 2.75) is 122 Å². The minimum absolute atomic E-state index is 0.0142. The molecule has 2 saturated carbocycles. The molecule has 3 rings (SSSR count). The number of anilines is 1. The number of carbonyl (C=O) groups excluding carboxylic acids is 3. The van der Waals surface area contributed by atoms with Gasteiger partial charge in [-0.2, -0.15) is 4.37 Å². The van der Waals surface area contributed by atoms with Crippen LogP contribution in [0.1, 0.15) is 124 Å². The Balaban J connectivity index is 1.83. The van der Waals surface area contributed by atoms with Crippen LogP contribution in [-0.4, -0.2) is 51.7 Å². The van der Waals surface area contributed by atoms with Gasteiger partial charge in [0.1, 0.15) is 10.9 Å². The second-order valence-electron chi connectivity index (χ2n) is 10.9. The van der Waals surface area contributed by atoms with Crippen molar-refractivity contribution in [3.63, 3.8) is 0 Å². The first-order valence-corrected chi connectivity index (χ1v) is 14.8. The number of carbonyl (C=O) groups is 3. The van der Waals surface area contributed by atoms with E-state index in [2.05, 4.69) is 28.9 Å². The molecule has 3 amide bonds. The summed E-state index contributed by atoms with van der Waals surface area (Å²) in [4.78, 5) is 42.3. The second-order valence-corrected chi connectivity index (χ2v) is 11.6. The van der Waals surface area contributed by atoms with Gasteiger partial charge in [-0.05, 0) is 56.0 Å². The number of hydrogen-bond acceptors (Lipinski definition) is 6. The number of nitrogens with two attached hydrogens (primary N) is 1. The van der Waals surface area contributed by atoms with Crippen molar-refractivity contribution in [2.75, 3.05) is 12.3 Å². The molecule has 202 valence electrons. The maximum absolute atomic E-state index is 14.0. The van der Waals surface area contributed by atoms with Crippen LogP contribution in [0.4, 0.5) is 5.69 Å². The molecule has 8 nitrogen and oxygen atoms in total. The zero-order chi connectivity index (χ0) is 26.1. The molecule has 0 unspecified atom stereocenters. The van der Waals surface area contributed by atoms with Crippen LogP contribution in [-0.2, 0) is 4.79 Å². The predicted octanol–water partition coefficient (Wildman–Crippen LogP) is 4.89. The Labute approximate surface area is 220 Å². The number of amides is 3. The Bertz CT molecular complexity index is 875. The fourth-order valence-corrected chi connectivity index (χ4v) is 6.17. The maximum atomic E-state index is 14.0. The summed E-state index contributed by atoms with van der Waals surface area (Å²) in [5.74, 6) is -0.197. The van der Waals surface area contributed by atoms with E-state index in [9.17, 15) is 14.4 Å². The average Bonchev–Trinajstić information content (AvgIpc) is 3.26. The monoisotopic (exact) mass is 519 g/mol. The molecule has 0 radical (unpaired) electrons. The number of nitrogens with one attached hydrogen (secondary N) is 2. The number of hydrogen-bond donors (Lipinski definition) is 3. The summed E-state index contributed by atoms with van der Waals surface area (Å²) in [5, 5.41) is 6.12. The van der Waals surface area contributed by atoms with Crippen molar-refractivity contribution >= 4 is 34.9 Å². The third kappa shape index (κ3) is 7.43. The number of nitrogens with zero attached hydrogens (tertiary/aromatic N) is 2. The molecule has 1 heterocycles. The van der Waals surface area contributed by atoms with E-state index in [1.54, 1.807) is 4.90 Å². The van der Waals surface area contributed by atoms with Gasteiger partial charge in [-0.3, -0.25) is 14.4 Å². The third-order valence-corrected chi connectivity index (χ3v) is 8.35. The molecule has 0 aromatic carbocycles. The third-order valence-electron chi connectivity index (χ3n) is 7.50. The molecule has 0 saturated heterocycles. The normalized spacial score (nSPS) is 18.1. The van der Waals surface area contributed by atoms with Crippen LogP contribution < -0.4 is 16.4 Å². The van der Waals surface area contributed by atoms with Crippen molar-refractivity contribution in [2.24, 2.45) is 5.92 Å². The lowest BCUT2D eigenvalue weighted by atomic mass is 9.92. The van der Waals surface area contributed by atoms with E-state index in [1.165, 1.54) is 6.42 Å². The molecular formula is C27H45N5O3S. The van der Waals surface area contributed by atoms with Crippen LogP contribution in [0.3, 0.4) is 0 Å². The fraction of sp³-hybridized carbons (Fsp3) is 0.778. The first-order chi connectivity index (χ1) is 17.3. The molecule has 2 aliphatic rings. The SMILES string of the molecule is CCC[C@H](C(=O)NCCC(C)C)N(C(=O)c1snc(C(=O)NC2CCCCC2)c1N)C1CCCCC1. The zero-order valence-electron chi connectivity index (χ0n) is 22.3. The molecule has 0 bridgehead atoms. The fourth-order valence-electron chi connectivity index (χ4n) is 5.43. The lowest BCUT2D eigenvalue weighted by molar-refractivity contribution is -0.127. The Morgan fingerprint density at radius 2 is 1.67 bits per heavy atom. The van der Waals surface area contributed by atoms with E-state index in [0.717, 1.165) is 82.2 Å². The summed E-state index contributed by atoms with van der Waals surface area (Å²) in [6, 6.07) is -0.438. The summed E-state index contributed by atoms with van der Waals surface area (Å²) >= 11 is 0.977. The van der Waals surface area contributed by atoms with Crippen molar-refractivity contribution in [1.82, 2.24) is 19.9 Å². The van der Waals surface area contributed by atoms with Crippen LogP contribution in [0.15, 0.2) is 0 Å². The summed E-state index contributed by atoms with van der Waals surface area (Å²) in [5.41, 5.74) is 6.64. The second kappa shape index (κ2) is 14.0. The molecule has 9 heteroatoms. The van der Waals surface area contributed by atoms with Gasteiger partial charge in [0.05, 0.1) is 5.69 Å². The summed E-state index contributed by atoms with van der Waals surface area (Å²) in [6.45, 7) is 6.88. The van der Waals surface area contributed by atoms with E-state index < -0.39 is 6.04 Å². The summed E-state index contributed by atoms with van der Waals surface area (Å²) < 4.78 is 4.31. The predicted molar refractivity (Wildman–Crippen MR) is 145 cm³/mol. The topological polar surface area (TPSA) is 117 Å². The van der Waals surface area contributed by atoms with Crippen LogP contribution in [0.25, 0.3) is 0 Å². The molecular weight excluding hydrogens is 474 g/mol. The van der Waals surface area contributed by atoms with Crippen molar-refractivity contribution in [1.29, 1.82) is 0 Å². The number of nitrogen functional groups attached to an aromatic ring is 1. The summed E-state index contributed by atoms with van der Waals surface area (Å²) in [7, 11) is 0. The number of aromatic nitrogens is 1. The molecule has 0 aliphatic heterocycles. The van der Waals surface area contributed by atoms with Gasteiger partial charge in [-0.25, -0.2) is 0 Å². The molecule has 2 aliphatic carbocycles. The lowest BCUT2D eigenvalue weighted by Gasteiger charge is -2.39. The van der Waals surface area contributed by atoms with Crippen molar-refractivity contribution in [3.8, 4) is 0 Å². The van der Waals surface area contributed by atoms with Gasteiger partial charge in [-0.1, -0.05) is 65.7 Å². The van der Waals surface area contributed by atoms with E-state index in [-0.39, 0.29) is 46.1 Å². The van der Waals surface area contributed by atoms with Gasteiger partial charge < -0.3 is 21.3 Å². The number of rotatable bonds is 11. The van der Waals surface area contributed by atoms with Gasteiger partial charge in [-0.15, -0.1) is 0 Å². The van der Waals surface area contributed by atoms with E-state index in [1.807, 2.05) is 6.92 Å². The quantitative estimate of drug-likeness (QED) is 0.385. The van der Waals surface area contributed by atoms with Crippen LogP contribution in [0.5, 0.6) is 0 Å². The molecule has 1 aromatic rings. The van der Waals surface area contributed by atoms with Crippen LogP contribution in [0, 0.1) is 5.92 Å². The molecule has 36 heavy (non-hydrogen) atoms. The Morgan fingerprint density at radius 1 is 1.03 bits per heavy atom. The van der Waals surface area contributed by atoms with Crippen LogP contribution in [0.2, 0.25) is 0 Å². The average molecular weight is 520 g/mol. The van der Waals surface area contributed by atoms with E-state index in [0.29, 0.717) is 18.9 Å². The van der Waals surface area contributed by atoms with Crippen molar-refractivity contribution < 1.29 is 14.4 Å². The highest BCUT2D eigenvalue weighted by Gasteiger charge is 2.38. The highest BCUT2D eigenvalue weighted by atomic mass is 32.1. The first-order valence-electron chi connectivity index (χ1n) is 14.0.